The van der Waals surface area contributed by atoms with Crippen LogP contribution < -0.4 is 10.8 Å². The average Bonchev–Trinajstić information content (AvgIpc) is 3.56. The topological polar surface area (TPSA) is 143 Å². The van der Waals surface area contributed by atoms with E-state index >= 15 is 0 Å². The number of benzene rings is 3. The van der Waals surface area contributed by atoms with E-state index in [4.69, 9.17) is 14.7 Å². The minimum atomic E-state index is -0.572. The number of nitrogens with zero attached hydrogens (tertiary/aromatic N) is 2. The van der Waals surface area contributed by atoms with Crippen molar-refractivity contribution in [1.29, 1.82) is 0 Å². The van der Waals surface area contributed by atoms with Crippen molar-refractivity contribution in [2.45, 2.75) is 87.9 Å². The molecular formula is C36H42N4O6S2. The first kappa shape index (κ1) is 35.7. The summed E-state index contributed by atoms with van der Waals surface area (Å²) in [6.45, 7) is 2.38. The molecule has 3 atom stereocenters. The fourth-order valence-corrected chi connectivity index (χ4v) is 7.38. The quantitative estimate of drug-likeness (QED) is 0.0432. The third-order valence-electron chi connectivity index (χ3n) is 8.11. The maximum atomic E-state index is 12.4. The molecule has 48 heavy (non-hydrogen) atoms. The highest BCUT2D eigenvalue weighted by atomic mass is 32.2. The van der Waals surface area contributed by atoms with Crippen molar-refractivity contribution in [3.63, 3.8) is 0 Å². The molecule has 1 aromatic heterocycles. The molecule has 1 aliphatic heterocycles. The van der Waals surface area contributed by atoms with Gasteiger partial charge in [0.05, 0.1) is 18.8 Å². The Balaban J connectivity index is 1.21. The van der Waals surface area contributed by atoms with E-state index in [-0.39, 0.29) is 37.0 Å². The number of thioether (sulfide) groups is 1. The number of carbonyl (C=O) groups excluding carboxylic acids is 2. The van der Waals surface area contributed by atoms with Crippen LogP contribution in [0.15, 0.2) is 77.1 Å². The fourth-order valence-electron chi connectivity index (χ4n) is 5.52. The van der Waals surface area contributed by atoms with Gasteiger partial charge in [-0.25, -0.2) is 5.48 Å². The molecule has 0 spiro atoms. The molecule has 12 heteroatoms. The van der Waals surface area contributed by atoms with Crippen molar-refractivity contribution in [2.75, 3.05) is 5.75 Å². The third-order valence-corrected chi connectivity index (χ3v) is 10.2. The minimum absolute atomic E-state index is 0.00312. The van der Waals surface area contributed by atoms with Gasteiger partial charge in [0, 0.05) is 37.1 Å². The third kappa shape index (κ3) is 10.7. The van der Waals surface area contributed by atoms with Crippen LogP contribution in [0.4, 0.5) is 0 Å². The van der Waals surface area contributed by atoms with E-state index in [9.17, 15) is 14.7 Å². The lowest BCUT2D eigenvalue weighted by molar-refractivity contribution is -0.245. The van der Waals surface area contributed by atoms with Gasteiger partial charge in [-0.2, -0.15) is 0 Å². The van der Waals surface area contributed by atoms with Crippen molar-refractivity contribution in [3.05, 3.63) is 100 Å². The SMILES string of the molecule is Cc1nnc(SC[C@H]2C[C@@H](c3ccc(CO)cc3)O[C@@H](c3cccc(-c4cccc(CNC(=O)CCCCCCC(=O)NO)c4)c3)O2)s1. The summed E-state index contributed by atoms with van der Waals surface area (Å²) in [4.78, 5) is 23.5. The summed E-state index contributed by atoms with van der Waals surface area (Å²) in [6, 6.07) is 24.2. The van der Waals surface area contributed by atoms with Crippen LogP contribution in [0, 0.1) is 6.92 Å². The summed E-state index contributed by atoms with van der Waals surface area (Å²) in [6.07, 6.45) is 3.70. The number of hydroxylamine groups is 1. The number of unbranched alkanes of at least 4 members (excludes halogenated alkanes) is 3. The summed E-state index contributed by atoms with van der Waals surface area (Å²) in [7, 11) is 0. The maximum Gasteiger partial charge on any atom is 0.243 e. The van der Waals surface area contributed by atoms with E-state index in [1.165, 1.54) is 0 Å². The van der Waals surface area contributed by atoms with Gasteiger partial charge in [-0.05, 0) is 59.7 Å². The number of carbonyl (C=O) groups is 2. The van der Waals surface area contributed by atoms with Gasteiger partial charge >= 0.3 is 0 Å². The van der Waals surface area contributed by atoms with Crippen molar-refractivity contribution >= 4 is 34.9 Å². The Morgan fingerprint density at radius 3 is 2.31 bits per heavy atom. The zero-order valence-electron chi connectivity index (χ0n) is 27.0. The van der Waals surface area contributed by atoms with E-state index in [0.717, 1.165) is 67.7 Å². The Hall–Kier alpha value is -3.65. The summed E-state index contributed by atoms with van der Waals surface area (Å²) in [5.74, 6) is 0.333. The molecule has 254 valence electrons. The van der Waals surface area contributed by atoms with Gasteiger partial charge in [0.2, 0.25) is 11.8 Å². The second-order valence-electron chi connectivity index (χ2n) is 11.8. The number of hydrogen-bond acceptors (Lipinski definition) is 10. The minimum Gasteiger partial charge on any atom is -0.392 e. The molecule has 5 rings (SSSR count). The second-order valence-corrected chi connectivity index (χ2v) is 14.2. The summed E-state index contributed by atoms with van der Waals surface area (Å²) >= 11 is 3.22. The molecule has 2 heterocycles. The highest BCUT2D eigenvalue weighted by molar-refractivity contribution is 8.01. The largest absolute Gasteiger partial charge is 0.392 e. The van der Waals surface area contributed by atoms with Crippen molar-refractivity contribution in [1.82, 2.24) is 21.0 Å². The van der Waals surface area contributed by atoms with Gasteiger partial charge in [-0.1, -0.05) is 96.6 Å². The molecule has 1 aliphatic rings. The molecule has 2 amide bonds. The smallest absolute Gasteiger partial charge is 0.243 e. The van der Waals surface area contributed by atoms with Crippen LogP contribution >= 0.6 is 23.1 Å². The number of aliphatic hydroxyl groups is 1. The molecule has 0 aliphatic carbocycles. The molecule has 3 aromatic carbocycles. The monoisotopic (exact) mass is 690 g/mol. The summed E-state index contributed by atoms with van der Waals surface area (Å²) in [5.41, 5.74) is 7.50. The van der Waals surface area contributed by atoms with Gasteiger partial charge in [0.25, 0.3) is 0 Å². The Morgan fingerprint density at radius 2 is 1.60 bits per heavy atom. The first-order valence-electron chi connectivity index (χ1n) is 16.2. The van der Waals surface area contributed by atoms with Gasteiger partial charge < -0.3 is 19.9 Å². The zero-order chi connectivity index (χ0) is 33.7. The Kier molecular flexibility index (Phi) is 13.5. The number of aromatic nitrogens is 2. The number of amides is 2. The van der Waals surface area contributed by atoms with E-state index in [0.29, 0.717) is 25.8 Å². The van der Waals surface area contributed by atoms with Gasteiger partial charge in [0.1, 0.15) is 5.01 Å². The molecule has 4 aromatic rings. The molecule has 10 nitrogen and oxygen atoms in total. The van der Waals surface area contributed by atoms with Crippen molar-refractivity contribution in [3.8, 4) is 11.1 Å². The first-order chi connectivity index (χ1) is 23.4. The number of ether oxygens (including phenoxy) is 2. The standard InChI is InChI=1S/C36H42N4O6S2/c1-24-38-39-36(48-24)47-23-31-20-32(27-16-14-25(22-41)15-17-27)46-35(45-31)30-11-7-10-29(19-30)28-9-6-8-26(18-28)21-37-33(42)12-4-2-3-5-13-34(43)40-44/h6-11,14-19,31-32,35,41,44H,2-5,12-13,20-23H2,1H3,(H,37,42)(H,40,43)/t31-,32+,35+/m1/s1. The Bertz CT molecular complexity index is 1630. The molecule has 0 saturated carbocycles. The average molecular weight is 691 g/mol. The molecule has 4 N–H and O–H groups in total. The molecule has 0 bridgehead atoms. The number of nitrogens with one attached hydrogen (secondary N) is 2. The lowest BCUT2D eigenvalue weighted by atomic mass is 9.99. The number of aliphatic hydroxyl groups excluding tert-OH is 1. The van der Waals surface area contributed by atoms with Crippen molar-refractivity contribution < 1.29 is 29.4 Å². The molecular weight excluding hydrogens is 649 g/mol. The van der Waals surface area contributed by atoms with Gasteiger partial charge in [-0.3, -0.25) is 14.8 Å². The predicted molar refractivity (Wildman–Crippen MR) is 185 cm³/mol. The Labute approximate surface area is 289 Å². The van der Waals surface area contributed by atoms with Crippen LogP contribution in [0.1, 0.15) is 84.6 Å². The van der Waals surface area contributed by atoms with Gasteiger partial charge in [-0.15, -0.1) is 10.2 Å². The van der Waals surface area contributed by atoms with E-state index < -0.39 is 6.29 Å². The van der Waals surface area contributed by atoms with E-state index in [1.807, 2.05) is 55.5 Å². The maximum absolute atomic E-state index is 12.4. The number of rotatable bonds is 16. The van der Waals surface area contributed by atoms with Crippen LogP contribution in [-0.4, -0.2) is 44.2 Å². The molecule has 0 unspecified atom stereocenters. The second kappa shape index (κ2) is 18.2. The fraction of sp³-hybridized carbons (Fsp3) is 0.389. The normalized spacial score (nSPS) is 17.6. The number of hydrogen-bond donors (Lipinski definition) is 4. The summed E-state index contributed by atoms with van der Waals surface area (Å²) < 4.78 is 14.0. The Morgan fingerprint density at radius 1 is 0.875 bits per heavy atom. The van der Waals surface area contributed by atoms with E-state index in [2.05, 4.69) is 39.8 Å². The lowest BCUT2D eigenvalue weighted by Gasteiger charge is -2.36. The first-order valence-corrected chi connectivity index (χ1v) is 18.0. The highest BCUT2D eigenvalue weighted by Crippen LogP contribution is 2.40. The van der Waals surface area contributed by atoms with Crippen LogP contribution in [-0.2, 0) is 32.2 Å². The molecule has 0 radical (unpaired) electrons. The van der Waals surface area contributed by atoms with Crippen LogP contribution in [0.5, 0.6) is 0 Å². The van der Waals surface area contributed by atoms with Crippen LogP contribution in [0.3, 0.4) is 0 Å². The van der Waals surface area contributed by atoms with E-state index in [1.54, 1.807) is 28.6 Å². The predicted octanol–water partition coefficient (Wildman–Crippen LogP) is 6.81. The van der Waals surface area contributed by atoms with Crippen LogP contribution in [0.2, 0.25) is 0 Å². The number of aryl methyl sites for hydroxylation is 1. The van der Waals surface area contributed by atoms with Crippen LogP contribution in [0.25, 0.3) is 11.1 Å². The summed E-state index contributed by atoms with van der Waals surface area (Å²) in [5, 5.41) is 30.4. The lowest BCUT2D eigenvalue weighted by Crippen LogP contribution is -2.31. The van der Waals surface area contributed by atoms with Crippen molar-refractivity contribution in [2.24, 2.45) is 0 Å². The molecule has 1 saturated heterocycles. The van der Waals surface area contributed by atoms with Gasteiger partial charge in [0.15, 0.2) is 10.6 Å². The zero-order valence-corrected chi connectivity index (χ0v) is 28.6. The highest BCUT2D eigenvalue weighted by Gasteiger charge is 2.32. The molecule has 1 fully saturated rings.